The van der Waals surface area contributed by atoms with E-state index in [1.165, 1.54) is 5.56 Å². The molecule has 2 unspecified atom stereocenters. The summed E-state index contributed by atoms with van der Waals surface area (Å²) in [6, 6.07) is 24.3. The minimum atomic E-state index is -0.403. The first-order valence-corrected chi connectivity index (χ1v) is 14.4. The lowest BCUT2D eigenvalue weighted by Gasteiger charge is -2.27. The molecule has 2 atom stereocenters. The second-order valence-electron chi connectivity index (χ2n) is 10.4. The maximum atomic E-state index is 12.2. The van der Waals surface area contributed by atoms with E-state index in [1.54, 1.807) is 13.8 Å². The topological polar surface area (TPSA) is 72.9 Å². The first-order chi connectivity index (χ1) is 20.2. The van der Waals surface area contributed by atoms with Gasteiger partial charge in [-0.05, 0) is 92.6 Å². The number of anilines is 3. The van der Waals surface area contributed by atoms with Gasteiger partial charge in [0, 0.05) is 34.6 Å². The zero-order chi connectivity index (χ0) is 30.6. The number of carbonyl (C=O) groups excluding carboxylic acids is 3. The van der Waals surface area contributed by atoms with Crippen LogP contribution in [0.2, 0.25) is 0 Å². The minimum Gasteiger partial charge on any atom is -0.454 e. The van der Waals surface area contributed by atoms with Crippen molar-refractivity contribution in [1.82, 2.24) is 0 Å². The highest BCUT2D eigenvalue weighted by molar-refractivity contribution is 5.87. The van der Waals surface area contributed by atoms with Gasteiger partial charge in [0.05, 0.1) is 0 Å². The summed E-state index contributed by atoms with van der Waals surface area (Å²) in [5.41, 5.74) is 6.55. The molecule has 0 saturated heterocycles. The van der Waals surface area contributed by atoms with E-state index >= 15 is 0 Å². The number of esters is 2. The fourth-order valence-corrected chi connectivity index (χ4v) is 4.56. The summed E-state index contributed by atoms with van der Waals surface area (Å²) in [7, 11) is 0. The summed E-state index contributed by atoms with van der Waals surface area (Å²) in [6.07, 6.45) is 3.71. The molecule has 0 aliphatic rings. The third-order valence-corrected chi connectivity index (χ3v) is 6.97. The summed E-state index contributed by atoms with van der Waals surface area (Å²) >= 11 is 0. The third kappa shape index (κ3) is 8.53. The fraction of sp³-hybridized carbons (Fsp3) is 0.306. The van der Waals surface area contributed by atoms with Crippen LogP contribution in [0.5, 0.6) is 0 Å². The predicted molar refractivity (Wildman–Crippen MR) is 168 cm³/mol. The monoisotopic (exact) mass is 567 g/mol. The lowest BCUT2D eigenvalue weighted by atomic mass is 10.0. The van der Waals surface area contributed by atoms with Gasteiger partial charge >= 0.3 is 11.9 Å². The van der Waals surface area contributed by atoms with Crippen LogP contribution in [-0.2, 0) is 30.3 Å². The Labute approximate surface area is 249 Å². The normalized spacial score (nSPS) is 12.1. The van der Waals surface area contributed by atoms with Crippen LogP contribution in [0.25, 0.3) is 0 Å². The molecule has 0 heterocycles. The maximum Gasteiger partial charge on any atom is 0.333 e. The Hall–Kier alpha value is -4.45. The van der Waals surface area contributed by atoms with Crippen LogP contribution in [-0.4, -0.2) is 18.2 Å². The van der Waals surface area contributed by atoms with Gasteiger partial charge < -0.3 is 19.2 Å². The molecule has 42 heavy (non-hydrogen) atoms. The molecule has 0 amide bonds. The number of hydrogen-bond donors (Lipinski definition) is 0. The number of rotatable bonds is 15. The highest BCUT2D eigenvalue weighted by atomic mass is 16.5. The van der Waals surface area contributed by atoms with Crippen LogP contribution in [0.1, 0.15) is 82.3 Å². The second-order valence-corrected chi connectivity index (χ2v) is 10.4. The second kappa shape index (κ2) is 15.5. The van der Waals surface area contributed by atoms with Gasteiger partial charge in [-0.15, -0.1) is 0 Å². The molecule has 0 spiro atoms. The first-order valence-electron chi connectivity index (χ1n) is 14.4. The number of hydrogen-bond acceptors (Lipinski definition) is 6. The van der Waals surface area contributed by atoms with Crippen LogP contribution < -0.4 is 4.90 Å². The summed E-state index contributed by atoms with van der Waals surface area (Å²) < 4.78 is 11.3. The van der Waals surface area contributed by atoms with E-state index in [0.717, 1.165) is 47.3 Å². The molecule has 3 aromatic rings. The maximum absolute atomic E-state index is 12.2. The molecular weight excluding hydrogens is 526 g/mol. The van der Waals surface area contributed by atoms with Gasteiger partial charge in [-0.2, -0.15) is 0 Å². The number of aldehydes is 1. The number of aryl methyl sites for hydroxylation is 1. The van der Waals surface area contributed by atoms with Crippen LogP contribution >= 0.6 is 0 Å². The Morgan fingerprint density at radius 3 is 1.43 bits per heavy atom. The molecule has 0 bridgehead atoms. The highest BCUT2D eigenvalue weighted by Crippen LogP contribution is 2.37. The van der Waals surface area contributed by atoms with Crippen molar-refractivity contribution in [3.05, 3.63) is 114 Å². The van der Waals surface area contributed by atoms with Crippen molar-refractivity contribution in [2.75, 3.05) is 4.90 Å². The summed E-state index contributed by atoms with van der Waals surface area (Å²) in [5.74, 6) is -0.805. The van der Waals surface area contributed by atoms with Crippen molar-refractivity contribution in [2.45, 2.75) is 72.0 Å². The molecule has 0 fully saturated rings. The standard InChI is InChI=1S/C36H41NO5/c1-7-33(41-35(39)25(3)4)28-14-20-31(21-15-28)37(30-18-12-27(13-19-30)11-9-10-24-38)32-22-16-29(17-23-32)34(8-2)42-36(40)26(5)6/h12-24,33-34H,3,5,7-11H2,1-2,4,6H3. The molecule has 6 nitrogen and oxygen atoms in total. The van der Waals surface area contributed by atoms with Gasteiger partial charge in [-0.3, -0.25) is 0 Å². The molecule has 0 radical (unpaired) electrons. The molecule has 6 heteroatoms. The van der Waals surface area contributed by atoms with Gasteiger partial charge in [0.15, 0.2) is 0 Å². The molecule has 3 rings (SSSR count). The van der Waals surface area contributed by atoms with Crippen LogP contribution in [0.4, 0.5) is 17.1 Å². The van der Waals surface area contributed by atoms with Crippen molar-refractivity contribution >= 4 is 35.3 Å². The van der Waals surface area contributed by atoms with Crippen molar-refractivity contribution in [1.29, 1.82) is 0 Å². The largest absolute Gasteiger partial charge is 0.454 e. The molecular formula is C36H41NO5. The average Bonchev–Trinajstić information content (AvgIpc) is 3.00. The zero-order valence-electron chi connectivity index (χ0n) is 25.1. The van der Waals surface area contributed by atoms with E-state index in [9.17, 15) is 14.4 Å². The number of unbranched alkanes of at least 4 members (excludes halogenated alkanes) is 1. The summed E-state index contributed by atoms with van der Waals surface area (Å²) in [5, 5.41) is 0. The van der Waals surface area contributed by atoms with Crippen LogP contribution in [0.15, 0.2) is 97.1 Å². The zero-order valence-corrected chi connectivity index (χ0v) is 25.1. The lowest BCUT2D eigenvalue weighted by molar-refractivity contribution is -0.145. The van der Waals surface area contributed by atoms with Crippen LogP contribution in [0, 0.1) is 0 Å². The first kappa shape index (κ1) is 32.1. The number of nitrogens with zero attached hydrogens (tertiary/aromatic N) is 1. The Bertz CT molecular complexity index is 1290. The Kier molecular flexibility index (Phi) is 11.9. The third-order valence-electron chi connectivity index (χ3n) is 6.97. The fourth-order valence-electron chi connectivity index (χ4n) is 4.56. The van der Waals surface area contributed by atoms with E-state index in [4.69, 9.17) is 9.47 Å². The van der Waals surface area contributed by atoms with E-state index in [1.807, 2.05) is 62.4 Å². The summed E-state index contributed by atoms with van der Waals surface area (Å²) in [4.78, 5) is 37.2. The van der Waals surface area contributed by atoms with Gasteiger partial charge in [-0.1, -0.05) is 63.4 Å². The van der Waals surface area contributed by atoms with E-state index in [-0.39, 0.29) is 12.2 Å². The van der Waals surface area contributed by atoms with E-state index < -0.39 is 11.9 Å². The van der Waals surface area contributed by atoms with E-state index in [2.05, 4.69) is 42.3 Å². The molecule has 0 aliphatic carbocycles. The molecule has 3 aromatic carbocycles. The van der Waals surface area contributed by atoms with Crippen LogP contribution in [0.3, 0.4) is 0 Å². The highest BCUT2D eigenvalue weighted by Gasteiger charge is 2.19. The Balaban J connectivity index is 1.96. The van der Waals surface area contributed by atoms with E-state index in [0.29, 0.717) is 30.4 Å². The van der Waals surface area contributed by atoms with Gasteiger partial charge in [0.1, 0.15) is 18.5 Å². The van der Waals surface area contributed by atoms with Gasteiger partial charge in [0.25, 0.3) is 0 Å². The predicted octanol–water partition coefficient (Wildman–Crippen LogP) is 8.82. The molecule has 0 N–H and O–H groups in total. The smallest absolute Gasteiger partial charge is 0.333 e. The SMILES string of the molecule is C=C(C)C(=O)OC(CC)c1ccc(N(c2ccc(CCCC=O)cc2)c2ccc(C(CC)OC(=O)C(=C)C)cc2)cc1. The number of benzene rings is 3. The Morgan fingerprint density at radius 1 is 0.714 bits per heavy atom. The Morgan fingerprint density at radius 2 is 1.10 bits per heavy atom. The van der Waals surface area contributed by atoms with Crippen molar-refractivity contribution in [2.24, 2.45) is 0 Å². The van der Waals surface area contributed by atoms with Gasteiger partial charge in [0.2, 0.25) is 0 Å². The van der Waals surface area contributed by atoms with Crippen molar-refractivity contribution in [3.63, 3.8) is 0 Å². The molecule has 0 saturated carbocycles. The van der Waals surface area contributed by atoms with Crippen molar-refractivity contribution < 1.29 is 23.9 Å². The average molecular weight is 568 g/mol. The number of ether oxygens (including phenoxy) is 2. The minimum absolute atomic E-state index is 0.366. The molecule has 220 valence electrons. The van der Waals surface area contributed by atoms with Crippen molar-refractivity contribution in [3.8, 4) is 0 Å². The lowest BCUT2D eigenvalue weighted by Crippen LogP contribution is -2.13. The number of carbonyl (C=O) groups is 3. The van der Waals surface area contributed by atoms with Gasteiger partial charge in [-0.25, -0.2) is 9.59 Å². The quantitative estimate of drug-likeness (QED) is 0.0791. The molecule has 0 aliphatic heterocycles. The molecule has 0 aromatic heterocycles. The summed E-state index contributed by atoms with van der Waals surface area (Å²) in [6.45, 7) is 14.6.